The van der Waals surface area contributed by atoms with E-state index in [2.05, 4.69) is 15.5 Å². The first-order chi connectivity index (χ1) is 11.6. The molecule has 122 valence electrons. The number of nitrogens with zero attached hydrogens (tertiary/aromatic N) is 3. The summed E-state index contributed by atoms with van der Waals surface area (Å²) in [5, 5.41) is 6.78. The number of nitrogens with one attached hydrogen (secondary N) is 1. The van der Waals surface area contributed by atoms with Gasteiger partial charge < -0.3 is 14.7 Å². The van der Waals surface area contributed by atoms with Gasteiger partial charge in [-0.3, -0.25) is 4.79 Å². The highest BCUT2D eigenvalue weighted by atomic mass is 16.5. The number of para-hydroxylation sites is 1. The fourth-order valence-corrected chi connectivity index (χ4v) is 2.34. The van der Waals surface area contributed by atoms with Crippen LogP contribution in [0.15, 0.2) is 59.1 Å². The second-order valence-electron chi connectivity index (χ2n) is 5.46. The van der Waals surface area contributed by atoms with E-state index in [0.717, 1.165) is 11.3 Å². The SMILES string of the molecule is Cc1nc(-c2cccc(NC(=O)CN(C)c3ccccc3)c2)no1. The van der Waals surface area contributed by atoms with Gasteiger partial charge in [0.1, 0.15) is 0 Å². The number of anilines is 2. The lowest BCUT2D eigenvalue weighted by Gasteiger charge is -2.18. The third kappa shape index (κ3) is 3.78. The summed E-state index contributed by atoms with van der Waals surface area (Å²) in [6.45, 7) is 2.00. The maximum absolute atomic E-state index is 12.2. The van der Waals surface area contributed by atoms with Crippen molar-refractivity contribution in [3.8, 4) is 11.4 Å². The van der Waals surface area contributed by atoms with Gasteiger partial charge in [0.15, 0.2) is 0 Å². The lowest BCUT2D eigenvalue weighted by atomic mass is 10.2. The Balaban J connectivity index is 1.66. The summed E-state index contributed by atoms with van der Waals surface area (Å²) in [7, 11) is 1.88. The minimum Gasteiger partial charge on any atom is -0.365 e. The quantitative estimate of drug-likeness (QED) is 0.781. The zero-order chi connectivity index (χ0) is 16.9. The number of aryl methyl sites for hydroxylation is 1. The van der Waals surface area contributed by atoms with Crippen molar-refractivity contribution >= 4 is 17.3 Å². The van der Waals surface area contributed by atoms with Crippen LogP contribution in [0, 0.1) is 6.92 Å². The summed E-state index contributed by atoms with van der Waals surface area (Å²) in [6, 6.07) is 17.1. The Morgan fingerprint density at radius 3 is 2.67 bits per heavy atom. The van der Waals surface area contributed by atoms with Crippen LogP contribution in [0.3, 0.4) is 0 Å². The van der Waals surface area contributed by atoms with Crippen molar-refractivity contribution in [1.29, 1.82) is 0 Å². The third-order valence-corrected chi connectivity index (χ3v) is 3.51. The highest BCUT2D eigenvalue weighted by Gasteiger charge is 2.10. The topological polar surface area (TPSA) is 71.3 Å². The molecule has 0 fully saturated rings. The van der Waals surface area contributed by atoms with E-state index in [1.54, 1.807) is 6.92 Å². The first-order valence-electron chi connectivity index (χ1n) is 7.58. The van der Waals surface area contributed by atoms with E-state index in [4.69, 9.17) is 4.52 Å². The van der Waals surface area contributed by atoms with Crippen LogP contribution in [0.1, 0.15) is 5.89 Å². The number of carbonyl (C=O) groups is 1. The second-order valence-corrected chi connectivity index (χ2v) is 5.46. The molecule has 3 rings (SSSR count). The molecule has 6 heteroatoms. The Bertz CT molecular complexity index is 830. The van der Waals surface area contributed by atoms with Crippen LogP contribution in [-0.2, 0) is 4.79 Å². The molecule has 0 bridgehead atoms. The van der Waals surface area contributed by atoms with E-state index in [1.807, 2.05) is 66.5 Å². The predicted molar refractivity (Wildman–Crippen MR) is 92.8 cm³/mol. The largest absolute Gasteiger partial charge is 0.365 e. The Morgan fingerprint density at radius 2 is 1.96 bits per heavy atom. The minimum absolute atomic E-state index is 0.0946. The number of rotatable bonds is 5. The van der Waals surface area contributed by atoms with E-state index >= 15 is 0 Å². The second kappa shape index (κ2) is 6.95. The third-order valence-electron chi connectivity index (χ3n) is 3.51. The van der Waals surface area contributed by atoms with Crippen LogP contribution in [0.25, 0.3) is 11.4 Å². The molecule has 0 aliphatic rings. The van der Waals surface area contributed by atoms with Crippen molar-refractivity contribution < 1.29 is 9.32 Å². The maximum Gasteiger partial charge on any atom is 0.243 e. The molecule has 3 aromatic rings. The number of hydrogen-bond donors (Lipinski definition) is 1. The molecule has 2 aromatic carbocycles. The molecule has 1 heterocycles. The van der Waals surface area contributed by atoms with Crippen molar-refractivity contribution in [3.05, 3.63) is 60.5 Å². The number of carbonyl (C=O) groups excluding carboxylic acids is 1. The van der Waals surface area contributed by atoms with Crippen molar-refractivity contribution in [2.24, 2.45) is 0 Å². The van der Waals surface area contributed by atoms with Crippen molar-refractivity contribution in [2.75, 3.05) is 23.8 Å². The normalized spacial score (nSPS) is 10.4. The zero-order valence-corrected chi connectivity index (χ0v) is 13.6. The average molecular weight is 322 g/mol. The van der Waals surface area contributed by atoms with Crippen molar-refractivity contribution in [2.45, 2.75) is 6.92 Å². The van der Waals surface area contributed by atoms with Crippen LogP contribution in [0.4, 0.5) is 11.4 Å². The first-order valence-corrected chi connectivity index (χ1v) is 7.58. The van der Waals surface area contributed by atoms with Gasteiger partial charge in [0, 0.05) is 30.9 Å². The molecule has 0 saturated heterocycles. The molecular formula is C18H18N4O2. The van der Waals surface area contributed by atoms with Crippen LogP contribution < -0.4 is 10.2 Å². The number of amides is 1. The monoisotopic (exact) mass is 322 g/mol. The molecule has 0 aliphatic heterocycles. The summed E-state index contributed by atoms with van der Waals surface area (Å²) in [5.74, 6) is 0.914. The Morgan fingerprint density at radius 1 is 1.17 bits per heavy atom. The van der Waals surface area contributed by atoms with E-state index in [0.29, 0.717) is 17.4 Å². The molecule has 0 unspecified atom stereocenters. The fourth-order valence-electron chi connectivity index (χ4n) is 2.34. The number of aromatic nitrogens is 2. The van der Waals surface area contributed by atoms with Crippen molar-refractivity contribution in [3.63, 3.8) is 0 Å². The van der Waals surface area contributed by atoms with Crippen molar-refractivity contribution in [1.82, 2.24) is 10.1 Å². The van der Waals surface area contributed by atoms with Crippen LogP contribution in [0.2, 0.25) is 0 Å². The number of likely N-dealkylation sites (N-methyl/N-ethyl adjacent to an activating group) is 1. The lowest BCUT2D eigenvalue weighted by molar-refractivity contribution is -0.114. The number of hydrogen-bond acceptors (Lipinski definition) is 5. The molecule has 0 spiro atoms. The molecule has 0 aliphatic carbocycles. The average Bonchev–Trinajstić information content (AvgIpc) is 3.02. The van der Waals surface area contributed by atoms with Gasteiger partial charge in [-0.1, -0.05) is 35.5 Å². The smallest absolute Gasteiger partial charge is 0.243 e. The molecule has 24 heavy (non-hydrogen) atoms. The summed E-state index contributed by atoms with van der Waals surface area (Å²) in [4.78, 5) is 18.3. The van der Waals surface area contributed by atoms with Gasteiger partial charge in [0.05, 0.1) is 6.54 Å². The fraction of sp³-hybridized carbons (Fsp3) is 0.167. The maximum atomic E-state index is 12.2. The summed E-state index contributed by atoms with van der Waals surface area (Å²) in [5.41, 5.74) is 2.48. The Kier molecular flexibility index (Phi) is 4.56. The molecule has 6 nitrogen and oxygen atoms in total. The molecule has 0 saturated carbocycles. The van der Waals surface area contributed by atoms with Gasteiger partial charge in [0.25, 0.3) is 0 Å². The summed E-state index contributed by atoms with van der Waals surface area (Å²) >= 11 is 0. The highest BCUT2D eigenvalue weighted by molar-refractivity contribution is 5.94. The van der Waals surface area contributed by atoms with Gasteiger partial charge in [-0.05, 0) is 24.3 Å². The summed E-state index contributed by atoms with van der Waals surface area (Å²) < 4.78 is 4.99. The Labute approximate surface area is 140 Å². The molecule has 1 N–H and O–H groups in total. The standard InChI is InChI=1S/C18H18N4O2/c1-13-19-18(21-24-13)14-7-6-8-15(11-14)20-17(23)12-22(2)16-9-4-3-5-10-16/h3-11H,12H2,1-2H3,(H,20,23). The van der Waals surface area contributed by atoms with E-state index in [1.165, 1.54) is 0 Å². The van der Waals surface area contributed by atoms with Gasteiger partial charge in [-0.25, -0.2) is 0 Å². The van der Waals surface area contributed by atoms with E-state index in [-0.39, 0.29) is 12.5 Å². The first kappa shape index (κ1) is 15.7. The Hall–Kier alpha value is -3.15. The molecule has 1 aromatic heterocycles. The van der Waals surface area contributed by atoms with Gasteiger partial charge in [-0.2, -0.15) is 4.98 Å². The van der Waals surface area contributed by atoms with Crippen LogP contribution in [0.5, 0.6) is 0 Å². The van der Waals surface area contributed by atoms with Crippen LogP contribution in [-0.4, -0.2) is 29.6 Å². The number of benzene rings is 2. The van der Waals surface area contributed by atoms with E-state index in [9.17, 15) is 4.79 Å². The van der Waals surface area contributed by atoms with E-state index < -0.39 is 0 Å². The zero-order valence-electron chi connectivity index (χ0n) is 13.6. The molecule has 1 amide bonds. The molecule has 0 atom stereocenters. The van der Waals surface area contributed by atoms with Gasteiger partial charge in [-0.15, -0.1) is 0 Å². The molecule has 0 radical (unpaired) electrons. The summed E-state index contributed by atoms with van der Waals surface area (Å²) in [6.07, 6.45) is 0. The lowest BCUT2D eigenvalue weighted by Crippen LogP contribution is -2.29. The minimum atomic E-state index is -0.0946. The molecular weight excluding hydrogens is 304 g/mol. The predicted octanol–water partition coefficient (Wildman–Crippen LogP) is 3.12. The highest BCUT2D eigenvalue weighted by Crippen LogP contribution is 2.20. The van der Waals surface area contributed by atoms with Gasteiger partial charge >= 0.3 is 0 Å². The van der Waals surface area contributed by atoms with Crippen LogP contribution >= 0.6 is 0 Å². The van der Waals surface area contributed by atoms with Gasteiger partial charge in [0.2, 0.25) is 17.6 Å².